The SMILES string of the molecule is Clc1cccc(Oc2ncccc2OCCCc2cccnc2OCc2ccccc2)c1. The summed E-state index contributed by atoms with van der Waals surface area (Å²) in [5.74, 6) is 2.25. The highest BCUT2D eigenvalue weighted by Gasteiger charge is 2.09. The van der Waals surface area contributed by atoms with E-state index in [1.54, 1.807) is 24.5 Å². The van der Waals surface area contributed by atoms with Crippen LogP contribution < -0.4 is 14.2 Å². The molecule has 5 nitrogen and oxygen atoms in total. The van der Waals surface area contributed by atoms with E-state index in [1.807, 2.05) is 66.7 Å². The Kier molecular flexibility index (Phi) is 7.55. The van der Waals surface area contributed by atoms with E-state index in [0.717, 1.165) is 24.0 Å². The lowest BCUT2D eigenvalue weighted by Gasteiger charge is -2.12. The van der Waals surface area contributed by atoms with Gasteiger partial charge in [-0.15, -0.1) is 0 Å². The molecule has 0 radical (unpaired) electrons. The summed E-state index contributed by atoms with van der Waals surface area (Å²) >= 11 is 6.03. The molecule has 0 saturated heterocycles. The Morgan fingerprint density at radius 1 is 0.750 bits per heavy atom. The van der Waals surface area contributed by atoms with E-state index < -0.39 is 0 Å². The van der Waals surface area contributed by atoms with Crippen molar-refractivity contribution in [3.8, 4) is 23.3 Å². The molecule has 0 aliphatic carbocycles. The van der Waals surface area contributed by atoms with Crippen LogP contribution in [0.15, 0.2) is 91.3 Å². The molecule has 0 saturated carbocycles. The van der Waals surface area contributed by atoms with Crippen LogP contribution in [-0.2, 0) is 13.0 Å². The quantitative estimate of drug-likeness (QED) is 0.260. The van der Waals surface area contributed by atoms with Gasteiger partial charge in [-0.1, -0.05) is 54.1 Å². The van der Waals surface area contributed by atoms with Crippen LogP contribution in [0.4, 0.5) is 0 Å². The molecule has 0 amide bonds. The molecule has 2 aromatic carbocycles. The van der Waals surface area contributed by atoms with Gasteiger partial charge in [-0.3, -0.25) is 0 Å². The zero-order valence-electron chi connectivity index (χ0n) is 17.5. The summed E-state index contributed by atoms with van der Waals surface area (Å²) in [6, 6.07) is 24.8. The smallest absolute Gasteiger partial charge is 0.262 e. The molecule has 6 heteroatoms. The second-order valence-electron chi connectivity index (χ2n) is 7.06. The van der Waals surface area contributed by atoms with Gasteiger partial charge in [0.05, 0.1) is 6.61 Å². The topological polar surface area (TPSA) is 53.5 Å². The first-order valence-electron chi connectivity index (χ1n) is 10.4. The molecule has 2 heterocycles. The van der Waals surface area contributed by atoms with Crippen molar-refractivity contribution in [2.45, 2.75) is 19.4 Å². The summed E-state index contributed by atoms with van der Waals surface area (Å²) in [6.45, 7) is 0.992. The molecular weight excluding hydrogens is 424 g/mol. The van der Waals surface area contributed by atoms with E-state index in [4.69, 9.17) is 25.8 Å². The lowest BCUT2D eigenvalue weighted by Crippen LogP contribution is -2.04. The highest BCUT2D eigenvalue weighted by molar-refractivity contribution is 6.30. The van der Waals surface area contributed by atoms with Gasteiger partial charge < -0.3 is 14.2 Å². The predicted molar refractivity (Wildman–Crippen MR) is 125 cm³/mol. The fourth-order valence-electron chi connectivity index (χ4n) is 3.12. The standard InChI is InChI=1S/C26H23ClN2O3/c27-22-12-4-13-23(18-22)32-26-24(14-6-16-29-26)30-17-7-11-21-10-5-15-28-25(21)31-19-20-8-2-1-3-9-20/h1-6,8-10,12-16,18H,7,11,17,19H2. The zero-order chi connectivity index (χ0) is 22.0. The van der Waals surface area contributed by atoms with Crippen molar-refractivity contribution in [1.82, 2.24) is 9.97 Å². The third-order valence-corrected chi connectivity index (χ3v) is 4.90. The van der Waals surface area contributed by atoms with Crippen LogP contribution in [-0.4, -0.2) is 16.6 Å². The number of aryl methyl sites for hydroxylation is 1. The first-order chi connectivity index (χ1) is 15.8. The number of ether oxygens (including phenoxy) is 3. The van der Waals surface area contributed by atoms with E-state index >= 15 is 0 Å². The summed E-state index contributed by atoms with van der Waals surface area (Å²) < 4.78 is 17.7. The molecule has 2 aromatic heterocycles. The Balaban J connectivity index is 1.31. The molecule has 0 atom stereocenters. The maximum atomic E-state index is 6.03. The van der Waals surface area contributed by atoms with Crippen LogP contribution >= 0.6 is 11.6 Å². The Labute approximate surface area is 192 Å². The third kappa shape index (κ3) is 6.22. The fourth-order valence-corrected chi connectivity index (χ4v) is 3.30. The maximum absolute atomic E-state index is 6.03. The Morgan fingerprint density at radius 3 is 2.41 bits per heavy atom. The van der Waals surface area contributed by atoms with Crippen LogP contribution in [0.1, 0.15) is 17.5 Å². The summed E-state index contributed by atoms with van der Waals surface area (Å²) in [7, 11) is 0. The molecule has 0 fully saturated rings. The molecule has 0 aliphatic rings. The lowest BCUT2D eigenvalue weighted by atomic mass is 10.1. The maximum Gasteiger partial charge on any atom is 0.262 e. The first kappa shape index (κ1) is 21.7. The van der Waals surface area contributed by atoms with E-state index in [2.05, 4.69) is 9.97 Å². The van der Waals surface area contributed by atoms with Gasteiger partial charge in [-0.2, -0.15) is 0 Å². The van der Waals surface area contributed by atoms with Crippen molar-refractivity contribution in [1.29, 1.82) is 0 Å². The van der Waals surface area contributed by atoms with Crippen LogP contribution in [0.5, 0.6) is 23.3 Å². The molecule has 4 aromatic rings. The van der Waals surface area contributed by atoms with Crippen LogP contribution in [0.2, 0.25) is 5.02 Å². The molecule has 162 valence electrons. The van der Waals surface area contributed by atoms with Crippen LogP contribution in [0.25, 0.3) is 0 Å². The van der Waals surface area contributed by atoms with Crippen molar-refractivity contribution in [2.24, 2.45) is 0 Å². The molecule has 0 unspecified atom stereocenters. The zero-order valence-corrected chi connectivity index (χ0v) is 18.2. The number of aromatic nitrogens is 2. The average Bonchev–Trinajstić information content (AvgIpc) is 2.83. The summed E-state index contributed by atoms with van der Waals surface area (Å²) in [5.41, 5.74) is 2.16. The minimum absolute atomic E-state index is 0.406. The van der Waals surface area contributed by atoms with Crippen LogP contribution in [0.3, 0.4) is 0 Å². The number of halogens is 1. The molecule has 0 N–H and O–H groups in total. The second kappa shape index (κ2) is 11.2. The normalized spacial score (nSPS) is 10.5. The van der Waals surface area contributed by atoms with E-state index in [1.165, 1.54) is 0 Å². The van der Waals surface area contributed by atoms with Gasteiger partial charge in [0, 0.05) is 23.0 Å². The largest absolute Gasteiger partial charge is 0.488 e. The summed E-state index contributed by atoms with van der Waals surface area (Å²) in [5, 5.41) is 0.600. The lowest BCUT2D eigenvalue weighted by molar-refractivity contribution is 0.282. The molecule has 32 heavy (non-hydrogen) atoms. The second-order valence-corrected chi connectivity index (χ2v) is 7.50. The van der Waals surface area contributed by atoms with Crippen molar-refractivity contribution in [3.05, 3.63) is 107 Å². The van der Waals surface area contributed by atoms with Gasteiger partial charge in [-0.05, 0) is 54.8 Å². The van der Waals surface area contributed by atoms with E-state index in [0.29, 0.717) is 41.5 Å². The number of hydrogen-bond acceptors (Lipinski definition) is 5. The number of nitrogens with zero attached hydrogens (tertiary/aromatic N) is 2. The number of benzene rings is 2. The number of rotatable bonds is 10. The van der Waals surface area contributed by atoms with Gasteiger partial charge >= 0.3 is 0 Å². The summed E-state index contributed by atoms with van der Waals surface area (Å²) in [4.78, 5) is 8.68. The van der Waals surface area contributed by atoms with Gasteiger partial charge in [0.1, 0.15) is 12.4 Å². The predicted octanol–water partition coefficient (Wildman–Crippen LogP) is 6.51. The molecular formula is C26H23ClN2O3. The number of hydrogen-bond donors (Lipinski definition) is 0. The fraction of sp³-hybridized carbons (Fsp3) is 0.154. The Morgan fingerprint density at radius 2 is 1.56 bits per heavy atom. The van der Waals surface area contributed by atoms with Crippen molar-refractivity contribution in [2.75, 3.05) is 6.61 Å². The van der Waals surface area contributed by atoms with E-state index in [-0.39, 0.29) is 0 Å². The van der Waals surface area contributed by atoms with Gasteiger partial charge in [0.25, 0.3) is 5.88 Å². The first-order valence-corrected chi connectivity index (χ1v) is 10.8. The van der Waals surface area contributed by atoms with Crippen molar-refractivity contribution in [3.63, 3.8) is 0 Å². The highest BCUT2D eigenvalue weighted by atomic mass is 35.5. The molecule has 0 aliphatic heterocycles. The van der Waals surface area contributed by atoms with E-state index in [9.17, 15) is 0 Å². The minimum atomic E-state index is 0.406. The molecule has 0 bridgehead atoms. The highest BCUT2D eigenvalue weighted by Crippen LogP contribution is 2.30. The molecule has 4 rings (SSSR count). The Hall–Kier alpha value is -3.57. The van der Waals surface area contributed by atoms with Crippen molar-refractivity contribution < 1.29 is 14.2 Å². The van der Waals surface area contributed by atoms with Gasteiger partial charge in [-0.25, -0.2) is 9.97 Å². The average molecular weight is 447 g/mol. The molecule has 0 spiro atoms. The summed E-state index contributed by atoms with van der Waals surface area (Å²) in [6.07, 6.45) is 4.98. The Bertz CT molecular complexity index is 1140. The monoisotopic (exact) mass is 446 g/mol. The van der Waals surface area contributed by atoms with Gasteiger partial charge in [0.2, 0.25) is 5.88 Å². The van der Waals surface area contributed by atoms with Crippen LogP contribution in [0, 0.1) is 0 Å². The third-order valence-electron chi connectivity index (χ3n) is 4.66. The van der Waals surface area contributed by atoms with Crippen molar-refractivity contribution >= 4 is 11.6 Å². The van der Waals surface area contributed by atoms with Gasteiger partial charge in [0.15, 0.2) is 5.75 Å². The minimum Gasteiger partial charge on any atom is -0.488 e. The number of pyridine rings is 2.